The quantitative estimate of drug-likeness (QED) is 0.275. The molecule has 12 heteroatoms. The maximum absolute atomic E-state index is 12.5. The van der Waals surface area contributed by atoms with Gasteiger partial charge in [-0.25, -0.2) is 18.1 Å². The Morgan fingerprint density at radius 2 is 2.07 bits per heavy atom. The van der Waals surface area contributed by atoms with Crippen LogP contribution in [0.15, 0.2) is 34.2 Å². The van der Waals surface area contributed by atoms with Crippen LogP contribution in [-0.2, 0) is 16.6 Å². The normalized spacial score (nSPS) is 18.4. The van der Waals surface area contributed by atoms with E-state index in [4.69, 9.17) is 0 Å². The van der Waals surface area contributed by atoms with Gasteiger partial charge in [-0.15, -0.1) is 24.0 Å². The lowest BCUT2D eigenvalue weighted by molar-refractivity contribution is -0.143. The molecule has 0 spiro atoms. The van der Waals surface area contributed by atoms with Crippen LogP contribution < -0.4 is 15.4 Å². The Kier molecular flexibility index (Phi) is 10.1. The zero-order valence-electron chi connectivity index (χ0n) is 16.3. The molecule has 0 aromatic heterocycles. The Morgan fingerprint density at radius 1 is 1.34 bits per heavy atom. The average molecular weight is 549 g/mol. The third-order valence-corrected chi connectivity index (χ3v) is 5.67. The molecule has 2 rings (SSSR count). The van der Waals surface area contributed by atoms with E-state index in [0.29, 0.717) is 37.6 Å². The average Bonchev–Trinajstić information content (AvgIpc) is 3.05. The Balaban J connectivity index is 0.00000420. The number of sulfonamides is 1. The second-order valence-electron chi connectivity index (χ2n) is 6.53. The van der Waals surface area contributed by atoms with E-state index in [1.54, 1.807) is 18.2 Å². The summed E-state index contributed by atoms with van der Waals surface area (Å²) in [5.74, 6) is 0.489. The van der Waals surface area contributed by atoms with Crippen LogP contribution in [0.5, 0.6) is 0 Å². The van der Waals surface area contributed by atoms with Crippen molar-refractivity contribution in [3.8, 4) is 0 Å². The second kappa shape index (κ2) is 11.3. The highest BCUT2D eigenvalue weighted by Crippen LogP contribution is 2.20. The number of hydrogen-bond acceptors (Lipinski definition) is 4. The van der Waals surface area contributed by atoms with Crippen LogP contribution in [0.25, 0.3) is 0 Å². The summed E-state index contributed by atoms with van der Waals surface area (Å²) >= 11 is 0. The predicted molar refractivity (Wildman–Crippen MR) is 117 cm³/mol. The summed E-state index contributed by atoms with van der Waals surface area (Å²) in [7, 11) is -2.19. The molecule has 1 atom stereocenters. The molecule has 3 N–H and O–H groups in total. The number of halogens is 4. The fourth-order valence-electron chi connectivity index (χ4n) is 2.96. The van der Waals surface area contributed by atoms with Gasteiger partial charge in [0.15, 0.2) is 5.96 Å². The van der Waals surface area contributed by atoms with E-state index < -0.39 is 22.7 Å². The standard InChI is InChI=1S/C17H26F3N5O2S.HI/c1-3-22-16(24-14-7-8-25(11-14)12-17(18,19)20)23-10-13-5-4-6-15(9-13)28(26,27)21-2;/h4-6,9,14,21H,3,7-8,10-12H2,1-2H3,(H2,22,23,24);1H. The van der Waals surface area contributed by atoms with Gasteiger partial charge in [0.1, 0.15) is 0 Å². The minimum Gasteiger partial charge on any atom is -0.357 e. The molecule has 0 radical (unpaired) electrons. The molecule has 1 saturated heterocycles. The number of nitrogens with zero attached hydrogens (tertiary/aromatic N) is 2. The Bertz CT molecular complexity index is 790. The van der Waals surface area contributed by atoms with Gasteiger partial charge < -0.3 is 10.6 Å². The van der Waals surface area contributed by atoms with Gasteiger partial charge in [-0.2, -0.15) is 13.2 Å². The van der Waals surface area contributed by atoms with Gasteiger partial charge in [-0.05, 0) is 38.1 Å². The largest absolute Gasteiger partial charge is 0.401 e. The van der Waals surface area contributed by atoms with Crippen molar-refractivity contribution in [3.63, 3.8) is 0 Å². The highest BCUT2D eigenvalue weighted by Gasteiger charge is 2.34. The van der Waals surface area contributed by atoms with E-state index >= 15 is 0 Å². The SMILES string of the molecule is CCNC(=NCc1cccc(S(=O)(=O)NC)c1)NC1CCN(CC(F)(F)F)C1.I. The van der Waals surface area contributed by atoms with E-state index in [1.807, 2.05) is 6.92 Å². The van der Waals surface area contributed by atoms with E-state index in [1.165, 1.54) is 18.0 Å². The molecule has 0 saturated carbocycles. The topological polar surface area (TPSA) is 85.8 Å². The minimum absolute atomic E-state index is 0. The first kappa shape index (κ1) is 25.9. The summed E-state index contributed by atoms with van der Waals surface area (Å²) in [6, 6.07) is 6.32. The third kappa shape index (κ3) is 8.64. The molecule has 1 aromatic rings. The van der Waals surface area contributed by atoms with Crippen molar-refractivity contribution in [2.75, 3.05) is 33.2 Å². The summed E-state index contributed by atoms with van der Waals surface area (Å²) in [5, 5.41) is 6.22. The van der Waals surface area contributed by atoms with Gasteiger partial charge in [0, 0.05) is 25.7 Å². The zero-order valence-corrected chi connectivity index (χ0v) is 19.4. The lowest BCUT2D eigenvalue weighted by atomic mass is 10.2. The lowest BCUT2D eigenvalue weighted by Crippen LogP contribution is -2.45. The lowest BCUT2D eigenvalue weighted by Gasteiger charge is -2.19. The molecule has 7 nitrogen and oxygen atoms in total. The molecule has 1 heterocycles. The van der Waals surface area contributed by atoms with Crippen LogP contribution in [0, 0.1) is 0 Å². The van der Waals surface area contributed by atoms with E-state index in [0.717, 1.165) is 0 Å². The van der Waals surface area contributed by atoms with Crippen LogP contribution >= 0.6 is 24.0 Å². The number of nitrogens with one attached hydrogen (secondary N) is 3. The molecule has 0 aliphatic carbocycles. The third-order valence-electron chi connectivity index (χ3n) is 4.26. The van der Waals surface area contributed by atoms with E-state index in [9.17, 15) is 21.6 Å². The summed E-state index contributed by atoms with van der Waals surface area (Å²) in [5.41, 5.74) is 0.707. The summed E-state index contributed by atoms with van der Waals surface area (Å²) in [6.07, 6.45) is -3.61. The molecule has 0 amide bonds. The first-order valence-corrected chi connectivity index (χ1v) is 10.5. The van der Waals surface area contributed by atoms with Crippen molar-refractivity contribution < 1.29 is 21.6 Å². The molecule has 0 bridgehead atoms. The maximum atomic E-state index is 12.5. The van der Waals surface area contributed by atoms with Crippen LogP contribution in [0.3, 0.4) is 0 Å². The molecule has 1 aliphatic rings. The van der Waals surface area contributed by atoms with Gasteiger partial charge in [-0.1, -0.05) is 12.1 Å². The molecule has 29 heavy (non-hydrogen) atoms. The molecular weight excluding hydrogens is 522 g/mol. The van der Waals surface area contributed by atoms with Crippen LogP contribution in [0.2, 0.25) is 0 Å². The first-order valence-electron chi connectivity index (χ1n) is 8.99. The fraction of sp³-hybridized carbons (Fsp3) is 0.588. The van der Waals surface area contributed by atoms with E-state index in [2.05, 4.69) is 20.3 Å². The monoisotopic (exact) mass is 549 g/mol. The van der Waals surface area contributed by atoms with Crippen LogP contribution in [-0.4, -0.2) is 64.7 Å². The van der Waals surface area contributed by atoms with Crippen molar-refractivity contribution in [1.29, 1.82) is 0 Å². The van der Waals surface area contributed by atoms with Crippen LogP contribution in [0.1, 0.15) is 18.9 Å². The zero-order chi connectivity index (χ0) is 20.8. The first-order chi connectivity index (χ1) is 13.1. The van der Waals surface area contributed by atoms with Gasteiger partial charge >= 0.3 is 6.18 Å². The van der Waals surface area contributed by atoms with Crippen molar-refractivity contribution >= 4 is 40.0 Å². The summed E-state index contributed by atoms with van der Waals surface area (Å²) < 4.78 is 63.6. The molecular formula is C17H27F3IN5O2S. The van der Waals surface area contributed by atoms with Crippen LogP contribution in [0.4, 0.5) is 13.2 Å². The molecule has 1 unspecified atom stereocenters. The Hall–Kier alpha value is -1.12. The fourth-order valence-corrected chi connectivity index (χ4v) is 3.76. The molecule has 1 aromatic carbocycles. The number of likely N-dealkylation sites (tertiary alicyclic amines) is 1. The van der Waals surface area contributed by atoms with E-state index in [-0.39, 0.29) is 41.5 Å². The Morgan fingerprint density at radius 3 is 2.69 bits per heavy atom. The summed E-state index contributed by atoms with van der Waals surface area (Å²) in [4.78, 5) is 5.95. The molecule has 166 valence electrons. The number of hydrogen-bond donors (Lipinski definition) is 3. The van der Waals surface area contributed by atoms with Gasteiger partial charge in [-0.3, -0.25) is 4.90 Å². The van der Waals surface area contributed by atoms with Crippen molar-refractivity contribution in [3.05, 3.63) is 29.8 Å². The number of alkyl halides is 3. The van der Waals surface area contributed by atoms with Crippen molar-refractivity contribution in [1.82, 2.24) is 20.3 Å². The maximum Gasteiger partial charge on any atom is 0.401 e. The molecule has 1 aliphatic heterocycles. The van der Waals surface area contributed by atoms with Crippen molar-refractivity contribution in [2.24, 2.45) is 4.99 Å². The van der Waals surface area contributed by atoms with Crippen molar-refractivity contribution in [2.45, 2.75) is 37.0 Å². The van der Waals surface area contributed by atoms with Gasteiger partial charge in [0.2, 0.25) is 10.0 Å². The number of benzene rings is 1. The smallest absolute Gasteiger partial charge is 0.357 e. The minimum atomic E-state index is -4.20. The highest BCUT2D eigenvalue weighted by molar-refractivity contribution is 14.0. The second-order valence-corrected chi connectivity index (χ2v) is 8.42. The Labute approximate surface area is 186 Å². The predicted octanol–water partition coefficient (Wildman–Crippen LogP) is 1.90. The molecule has 1 fully saturated rings. The number of rotatable bonds is 7. The highest BCUT2D eigenvalue weighted by atomic mass is 127. The number of guanidine groups is 1. The number of aliphatic imine (C=N–C) groups is 1. The van der Waals surface area contributed by atoms with Gasteiger partial charge in [0.05, 0.1) is 18.0 Å². The summed E-state index contributed by atoms with van der Waals surface area (Å²) in [6.45, 7) is 2.48. The van der Waals surface area contributed by atoms with Gasteiger partial charge in [0.25, 0.3) is 0 Å².